The standard InChI is InChI=1S/C22H22N2O4/c25-20-14-6-1-2-7-15(14)21(26)19-16(20)8-3-9-17(19)23-12-5-13-28-22(27)18-10-4-11-24-18/h1-3,6-9,18,23-24H,4-5,10-13H2/t18-/m1/s1. The van der Waals surface area contributed by atoms with Crippen LogP contribution < -0.4 is 10.6 Å². The molecule has 2 aromatic carbocycles. The fourth-order valence-electron chi connectivity index (χ4n) is 3.75. The third-order valence-electron chi connectivity index (χ3n) is 5.18. The molecule has 4 rings (SSSR count). The lowest BCUT2D eigenvalue weighted by atomic mass is 9.83. The molecule has 1 saturated heterocycles. The Morgan fingerprint density at radius 3 is 2.54 bits per heavy atom. The average molecular weight is 378 g/mol. The van der Waals surface area contributed by atoms with Gasteiger partial charge in [-0.25, -0.2) is 0 Å². The van der Waals surface area contributed by atoms with Gasteiger partial charge in [-0.2, -0.15) is 0 Å². The summed E-state index contributed by atoms with van der Waals surface area (Å²) in [5.74, 6) is -0.481. The summed E-state index contributed by atoms with van der Waals surface area (Å²) in [6, 6.07) is 12.0. The largest absolute Gasteiger partial charge is 0.464 e. The van der Waals surface area contributed by atoms with Crippen LogP contribution in [-0.2, 0) is 9.53 Å². The number of benzene rings is 2. The Balaban J connectivity index is 1.39. The molecule has 0 amide bonds. The number of rotatable bonds is 6. The summed E-state index contributed by atoms with van der Waals surface area (Å²) in [5.41, 5.74) is 2.36. The summed E-state index contributed by atoms with van der Waals surface area (Å²) in [6.07, 6.45) is 2.43. The maximum Gasteiger partial charge on any atom is 0.323 e. The molecule has 144 valence electrons. The van der Waals surface area contributed by atoms with Gasteiger partial charge in [0, 0.05) is 28.9 Å². The highest BCUT2D eigenvalue weighted by Crippen LogP contribution is 2.31. The summed E-state index contributed by atoms with van der Waals surface area (Å²) >= 11 is 0. The summed E-state index contributed by atoms with van der Waals surface area (Å²) < 4.78 is 5.30. The number of esters is 1. The number of ether oxygens (including phenoxy) is 1. The first-order valence-electron chi connectivity index (χ1n) is 9.62. The maximum absolute atomic E-state index is 12.9. The number of fused-ring (bicyclic) bond motifs is 2. The van der Waals surface area contributed by atoms with Crippen LogP contribution in [0.25, 0.3) is 0 Å². The van der Waals surface area contributed by atoms with Crippen LogP contribution in [0.4, 0.5) is 5.69 Å². The van der Waals surface area contributed by atoms with Crippen molar-refractivity contribution in [3.63, 3.8) is 0 Å². The van der Waals surface area contributed by atoms with Gasteiger partial charge in [0.2, 0.25) is 0 Å². The van der Waals surface area contributed by atoms with Crippen LogP contribution in [0, 0.1) is 0 Å². The first kappa shape index (κ1) is 18.4. The lowest BCUT2D eigenvalue weighted by molar-refractivity contribution is -0.145. The van der Waals surface area contributed by atoms with Crippen molar-refractivity contribution in [3.05, 3.63) is 64.7 Å². The molecular weight excluding hydrogens is 356 g/mol. The van der Waals surface area contributed by atoms with Crippen molar-refractivity contribution in [2.24, 2.45) is 0 Å². The third kappa shape index (κ3) is 3.43. The first-order chi connectivity index (χ1) is 13.7. The van der Waals surface area contributed by atoms with E-state index in [1.54, 1.807) is 42.5 Å². The molecule has 1 aliphatic heterocycles. The van der Waals surface area contributed by atoms with Crippen LogP contribution in [0.15, 0.2) is 42.5 Å². The van der Waals surface area contributed by atoms with Gasteiger partial charge in [-0.15, -0.1) is 0 Å². The van der Waals surface area contributed by atoms with Gasteiger partial charge in [0.25, 0.3) is 0 Å². The van der Waals surface area contributed by atoms with Crippen LogP contribution in [0.2, 0.25) is 0 Å². The van der Waals surface area contributed by atoms with Gasteiger partial charge in [0.05, 0.1) is 12.2 Å². The van der Waals surface area contributed by atoms with Crippen molar-refractivity contribution in [2.45, 2.75) is 25.3 Å². The molecule has 0 radical (unpaired) electrons. The summed E-state index contributed by atoms with van der Waals surface area (Å²) in [6.45, 7) is 1.70. The number of carbonyl (C=O) groups excluding carboxylic acids is 3. The van der Waals surface area contributed by atoms with Crippen molar-refractivity contribution in [1.82, 2.24) is 5.32 Å². The second-order valence-electron chi connectivity index (χ2n) is 7.03. The quantitative estimate of drug-likeness (QED) is 0.507. The molecule has 6 heteroatoms. The smallest absolute Gasteiger partial charge is 0.323 e. The van der Waals surface area contributed by atoms with Gasteiger partial charge < -0.3 is 15.4 Å². The van der Waals surface area contributed by atoms with Crippen LogP contribution in [0.1, 0.15) is 51.1 Å². The minimum atomic E-state index is -0.202. The van der Waals surface area contributed by atoms with Crippen LogP contribution in [-0.4, -0.2) is 43.3 Å². The Labute approximate surface area is 163 Å². The Kier molecular flexibility index (Phi) is 5.21. The van der Waals surface area contributed by atoms with Gasteiger partial charge in [-0.1, -0.05) is 36.4 Å². The maximum atomic E-state index is 12.9. The lowest BCUT2D eigenvalue weighted by Crippen LogP contribution is -2.32. The zero-order chi connectivity index (χ0) is 19.5. The molecule has 0 bridgehead atoms. The van der Waals surface area contributed by atoms with E-state index in [1.807, 2.05) is 0 Å². The molecule has 2 aliphatic rings. The third-order valence-corrected chi connectivity index (χ3v) is 5.18. The molecule has 1 aliphatic carbocycles. The summed E-state index contributed by atoms with van der Waals surface area (Å²) in [4.78, 5) is 37.5. The van der Waals surface area contributed by atoms with E-state index < -0.39 is 0 Å². The molecular formula is C22H22N2O4. The fourth-order valence-corrected chi connectivity index (χ4v) is 3.75. The predicted octanol–water partition coefficient (Wildman–Crippen LogP) is 2.56. The van der Waals surface area contributed by atoms with E-state index in [0.717, 1.165) is 19.4 Å². The fraction of sp³-hybridized carbons (Fsp3) is 0.318. The van der Waals surface area contributed by atoms with E-state index in [-0.39, 0.29) is 23.6 Å². The second kappa shape index (κ2) is 7.94. The molecule has 0 aromatic heterocycles. The highest BCUT2D eigenvalue weighted by molar-refractivity contribution is 6.30. The minimum Gasteiger partial charge on any atom is -0.464 e. The van der Waals surface area contributed by atoms with Crippen molar-refractivity contribution in [1.29, 1.82) is 0 Å². The van der Waals surface area contributed by atoms with Gasteiger partial charge in [0.15, 0.2) is 11.6 Å². The van der Waals surface area contributed by atoms with Crippen LogP contribution in [0.5, 0.6) is 0 Å². The van der Waals surface area contributed by atoms with Crippen LogP contribution in [0.3, 0.4) is 0 Å². The lowest BCUT2D eigenvalue weighted by Gasteiger charge is -2.20. The monoisotopic (exact) mass is 378 g/mol. The van der Waals surface area contributed by atoms with Crippen molar-refractivity contribution in [3.8, 4) is 0 Å². The first-order valence-corrected chi connectivity index (χ1v) is 9.62. The van der Waals surface area contributed by atoms with Crippen molar-refractivity contribution < 1.29 is 19.1 Å². The molecule has 1 heterocycles. The van der Waals surface area contributed by atoms with E-state index in [9.17, 15) is 14.4 Å². The molecule has 28 heavy (non-hydrogen) atoms. The van der Waals surface area contributed by atoms with Crippen molar-refractivity contribution >= 4 is 23.2 Å². The molecule has 2 aromatic rings. The second-order valence-corrected chi connectivity index (χ2v) is 7.03. The molecule has 2 N–H and O–H groups in total. The van der Waals surface area contributed by atoms with Crippen molar-refractivity contribution in [2.75, 3.05) is 25.0 Å². The number of ketones is 2. The van der Waals surface area contributed by atoms with Gasteiger partial charge in [0.1, 0.15) is 6.04 Å². The SMILES string of the molecule is O=C1c2ccccc2C(=O)c2c(NCCCOC(=O)[C@H]3CCCN3)cccc21. The summed E-state index contributed by atoms with van der Waals surface area (Å²) in [5, 5.41) is 6.33. The molecule has 0 unspecified atom stereocenters. The number of hydrogen-bond acceptors (Lipinski definition) is 6. The zero-order valence-electron chi connectivity index (χ0n) is 15.5. The molecule has 6 nitrogen and oxygen atoms in total. The number of nitrogens with one attached hydrogen (secondary N) is 2. The van der Waals surface area contributed by atoms with Crippen LogP contribution >= 0.6 is 0 Å². The van der Waals surface area contributed by atoms with E-state index in [4.69, 9.17) is 4.74 Å². The Morgan fingerprint density at radius 1 is 1.04 bits per heavy atom. The highest BCUT2D eigenvalue weighted by Gasteiger charge is 2.31. The normalized spacial score (nSPS) is 17.8. The number of hydrogen-bond donors (Lipinski definition) is 2. The molecule has 1 atom stereocenters. The molecule has 0 spiro atoms. The molecule has 0 saturated carbocycles. The zero-order valence-corrected chi connectivity index (χ0v) is 15.5. The topological polar surface area (TPSA) is 84.5 Å². The Bertz CT molecular complexity index is 932. The Hall–Kier alpha value is -2.99. The number of anilines is 1. The van der Waals surface area contributed by atoms with E-state index in [0.29, 0.717) is 47.5 Å². The van der Waals surface area contributed by atoms with E-state index >= 15 is 0 Å². The van der Waals surface area contributed by atoms with E-state index in [2.05, 4.69) is 10.6 Å². The van der Waals surface area contributed by atoms with Gasteiger partial charge in [-0.05, 0) is 31.9 Å². The number of carbonyl (C=O) groups is 3. The molecule has 1 fully saturated rings. The van der Waals surface area contributed by atoms with Gasteiger partial charge in [-0.3, -0.25) is 14.4 Å². The van der Waals surface area contributed by atoms with Gasteiger partial charge >= 0.3 is 5.97 Å². The predicted molar refractivity (Wildman–Crippen MR) is 105 cm³/mol. The average Bonchev–Trinajstić information content (AvgIpc) is 3.26. The Morgan fingerprint density at radius 2 is 1.79 bits per heavy atom. The summed E-state index contributed by atoms with van der Waals surface area (Å²) in [7, 11) is 0. The van der Waals surface area contributed by atoms with E-state index in [1.165, 1.54) is 0 Å². The highest BCUT2D eigenvalue weighted by atomic mass is 16.5. The minimum absolute atomic E-state index is 0.133.